The molecule has 0 aliphatic heterocycles. The Morgan fingerprint density at radius 1 is 1.45 bits per heavy atom. The zero-order chi connectivity index (χ0) is 7.52. The van der Waals surface area contributed by atoms with Gasteiger partial charge in [-0.3, -0.25) is 0 Å². The van der Waals surface area contributed by atoms with E-state index in [1.54, 1.807) is 0 Å². The molecule has 11 heavy (non-hydrogen) atoms. The van der Waals surface area contributed by atoms with Gasteiger partial charge in [0.25, 0.3) is 0 Å². The van der Waals surface area contributed by atoms with Gasteiger partial charge < -0.3 is 4.98 Å². The number of hydrogen-bond donors (Lipinski definition) is 1. The van der Waals surface area contributed by atoms with Crippen LogP contribution in [0.25, 0.3) is 0 Å². The van der Waals surface area contributed by atoms with Crippen LogP contribution in [0.3, 0.4) is 0 Å². The van der Waals surface area contributed by atoms with Crippen molar-refractivity contribution in [2.45, 2.75) is 25.2 Å². The Balaban J connectivity index is 2.16. The highest BCUT2D eigenvalue weighted by Crippen LogP contribution is 2.25. The van der Waals surface area contributed by atoms with Crippen LogP contribution in [-0.2, 0) is 0 Å². The SMILES string of the molecule is C1=C[C@H](c2ccc[nH]2)CCC1. The molecule has 0 amide bonds. The third-order valence-corrected chi connectivity index (χ3v) is 2.28. The largest absolute Gasteiger partial charge is 0.365 e. The molecule has 58 valence electrons. The van der Waals surface area contributed by atoms with Crippen LogP contribution in [-0.4, -0.2) is 4.98 Å². The van der Waals surface area contributed by atoms with Crippen molar-refractivity contribution < 1.29 is 0 Å². The fourth-order valence-electron chi connectivity index (χ4n) is 1.65. The number of hydrogen-bond acceptors (Lipinski definition) is 0. The first kappa shape index (κ1) is 6.71. The normalized spacial score (nSPS) is 23.8. The fraction of sp³-hybridized carbons (Fsp3) is 0.400. The fourth-order valence-corrected chi connectivity index (χ4v) is 1.65. The average Bonchev–Trinajstić information content (AvgIpc) is 2.58. The van der Waals surface area contributed by atoms with Crippen LogP contribution >= 0.6 is 0 Å². The van der Waals surface area contributed by atoms with Gasteiger partial charge in [0.1, 0.15) is 0 Å². The van der Waals surface area contributed by atoms with E-state index in [4.69, 9.17) is 0 Å². The minimum atomic E-state index is 0.652. The van der Waals surface area contributed by atoms with Gasteiger partial charge in [-0.15, -0.1) is 0 Å². The number of rotatable bonds is 1. The third-order valence-electron chi connectivity index (χ3n) is 2.28. The van der Waals surface area contributed by atoms with Gasteiger partial charge in [0.15, 0.2) is 0 Å². The molecule has 1 heterocycles. The summed E-state index contributed by atoms with van der Waals surface area (Å²) in [5, 5.41) is 0. The molecular weight excluding hydrogens is 134 g/mol. The standard InChI is InChI=1S/C10H13N/c1-2-5-9(6-3-1)10-7-4-8-11-10/h2,4-5,7-9,11H,1,3,6H2/t9-/m0/s1. The molecule has 0 fully saturated rings. The highest BCUT2D eigenvalue weighted by Gasteiger charge is 2.10. The van der Waals surface area contributed by atoms with Crippen molar-refractivity contribution in [2.75, 3.05) is 0 Å². The van der Waals surface area contributed by atoms with Crippen molar-refractivity contribution >= 4 is 0 Å². The summed E-state index contributed by atoms with van der Waals surface area (Å²) < 4.78 is 0. The maximum Gasteiger partial charge on any atom is 0.0216 e. The summed E-state index contributed by atoms with van der Waals surface area (Å²) in [6.45, 7) is 0. The van der Waals surface area contributed by atoms with Gasteiger partial charge in [-0.2, -0.15) is 0 Å². The molecule has 0 bridgehead atoms. The van der Waals surface area contributed by atoms with Crippen molar-refractivity contribution in [3.63, 3.8) is 0 Å². The van der Waals surface area contributed by atoms with Crippen molar-refractivity contribution in [3.8, 4) is 0 Å². The molecule has 1 aromatic heterocycles. The number of aromatic amines is 1. The highest BCUT2D eigenvalue weighted by molar-refractivity contribution is 5.17. The van der Waals surface area contributed by atoms with E-state index in [9.17, 15) is 0 Å². The molecule has 1 N–H and O–H groups in total. The predicted molar refractivity (Wildman–Crippen MR) is 46.5 cm³/mol. The van der Waals surface area contributed by atoms with Crippen LogP contribution in [0.4, 0.5) is 0 Å². The lowest BCUT2D eigenvalue weighted by molar-refractivity contribution is 0.644. The molecule has 1 atom stereocenters. The summed E-state index contributed by atoms with van der Waals surface area (Å²) in [5.41, 5.74) is 1.36. The molecule has 1 aromatic rings. The second-order valence-electron chi connectivity index (χ2n) is 3.09. The molecule has 1 aliphatic carbocycles. The highest BCUT2D eigenvalue weighted by atomic mass is 14.7. The molecule has 0 spiro atoms. The Labute approximate surface area is 67.1 Å². The summed E-state index contributed by atoms with van der Waals surface area (Å²) in [4.78, 5) is 3.26. The first-order valence-corrected chi connectivity index (χ1v) is 4.27. The van der Waals surface area contributed by atoms with E-state index in [2.05, 4.69) is 29.3 Å². The van der Waals surface area contributed by atoms with Gasteiger partial charge in [0.05, 0.1) is 0 Å². The van der Waals surface area contributed by atoms with Crippen LogP contribution < -0.4 is 0 Å². The predicted octanol–water partition coefficient (Wildman–Crippen LogP) is 2.84. The molecule has 1 nitrogen and oxygen atoms in total. The molecule has 0 aromatic carbocycles. The van der Waals surface area contributed by atoms with Crippen molar-refractivity contribution in [2.24, 2.45) is 0 Å². The van der Waals surface area contributed by atoms with E-state index in [0.717, 1.165) is 0 Å². The smallest absolute Gasteiger partial charge is 0.0216 e. The molecule has 1 aliphatic rings. The van der Waals surface area contributed by atoms with E-state index in [1.807, 2.05) is 6.20 Å². The lowest BCUT2D eigenvalue weighted by atomic mass is 9.93. The van der Waals surface area contributed by atoms with Gasteiger partial charge in [0.2, 0.25) is 0 Å². The van der Waals surface area contributed by atoms with Crippen molar-refractivity contribution in [3.05, 3.63) is 36.2 Å². The van der Waals surface area contributed by atoms with E-state index >= 15 is 0 Å². The lowest BCUT2D eigenvalue weighted by Crippen LogP contribution is -1.98. The topological polar surface area (TPSA) is 15.8 Å². The van der Waals surface area contributed by atoms with E-state index in [-0.39, 0.29) is 0 Å². The van der Waals surface area contributed by atoms with Crippen LogP contribution in [0.15, 0.2) is 30.5 Å². The molecule has 0 unspecified atom stereocenters. The zero-order valence-corrected chi connectivity index (χ0v) is 6.59. The van der Waals surface area contributed by atoms with E-state index in [0.29, 0.717) is 5.92 Å². The molecular formula is C10H13N. The van der Waals surface area contributed by atoms with Gasteiger partial charge in [-0.25, -0.2) is 0 Å². The van der Waals surface area contributed by atoms with Gasteiger partial charge >= 0.3 is 0 Å². The summed E-state index contributed by atoms with van der Waals surface area (Å²) >= 11 is 0. The van der Waals surface area contributed by atoms with Gasteiger partial charge in [-0.05, 0) is 31.4 Å². The second kappa shape index (κ2) is 2.95. The Bertz CT molecular complexity index is 233. The third kappa shape index (κ3) is 1.37. The van der Waals surface area contributed by atoms with E-state index in [1.165, 1.54) is 25.0 Å². The second-order valence-corrected chi connectivity index (χ2v) is 3.09. The molecule has 0 radical (unpaired) electrons. The van der Waals surface area contributed by atoms with Crippen LogP contribution in [0.2, 0.25) is 0 Å². The molecule has 0 saturated carbocycles. The maximum absolute atomic E-state index is 3.26. The Hall–Kier alpha value is -0.980. The Morgan fingerprint density at radius 3 is 3.09 bits per heavy atom. The Kier molecular flexibility index (Phi) is 1.80. The van der Waals surface area contributed by atoms with Gasteiger partial charge in [0, 0.05) is 17.8 Å². The van der Waals surface area contributed by atoms with Crippen molar-refractivity contribution in [1.82, 2.24) is 4.98 Å². The number of nitrogens with one attached hydrogen (secondary N) is 1. The Morgan fingerprint density at radius 2 is 2.45 bits per heavy atom. The first-order valence-electron chi connectivity index (χ1n) is 4.27. The minimum absolute atomic E-state index is 0.652. The van der Waals surface area contributed by atoms with Crippen LogP contribution in [0.1, 0.15) is 30.9 Å². The average molecular weight is 147 g/mol. The monoisotopic (exact) mass is 147 g/mol. The summed E-state index contributed by atoms with van der Waals surface area (Å²) in [6.07, 6.45) is 10.5. The number of H-pyrrole nitrogens is 1. The zero-order valence-electron chi connectivity index (χ0n) is 6.59. The van der Waals surface area contributed by atoms with Crippen molar-refractivity contribution in [1.29, 1.82) is 0 Å². The molecule has 0 saturated heterocycles. The summed E-state index contributed by atoms with van der Waals surface area (Å²) in [5.74, 6) is 0.652. The van der Waals surface area contributed by atoms with Crippen LogP contribution in [0.5, 0.6) is 0 Å². The van der Waals surface area contributed by atoms with Crippen LogP contribution in [0, 0.1) is 0 Å². The minimum Gasteiger partial charge on any atom is -0.365 e. The van der Waals surface area contributed by atoms with Gasteiger partial charge in [-0.1, -0.05) is 12.2 Å². The quantitative estimate of drug-likeness (QED) is 0.588. The molecule has 2 rings (SSSR count). The lowest BCUT2D eigenvalue weighted by Gasteiger charge is -2.14. The number of allylic oxidation sites excluding steroid dienone is 2. The number of aromatic nitrogens is 1. The summed E-state index contributed by atoms with van der Waals surface area (Å²) in [7, 11) is 0. The first-order chi connectivity index (χ1) is 5.47. The maximum atomic E-state index is 3.26. The van der Waals surface area contributed by atoms with E-state index < -0.39 is 0 Å². The summed E-state index contributed by atoms with van der Waals surface area (Å²) in [6, 6.07) is 4.23. The molecule has 1 heteroatoms.